The van der Waals surface area contributed by atoms with Gasteiger partial charge in [-0.15, -0.1) is 0 Å². The number of fused-ring (bicyclic) bond motifs is 2. The number of aliphatic hydroxyl groups excluding tert-OH is 1. The van der Waals surface area contributed by atoms with Crippen LogP contribution < -0.4 is 20.7 Å². The molecule has 1 aromatic carbocycles. The Morgan fingerprint density at radius 1 is 0.833 bits per heavy atom. The molecular formula is C44H52N10O6. The zero-order valence-electron chi connectivity index (χ0n) is 34.5. The van der Waals surface area contributed by atoms with Crippen molar-refractivity contribution in [2.45, 2.75) is 83.5 Å². The molecular weight excluding hydrogens is 765 g/mol. The minimum Gasteiger partial charge on any atom is -0.371 e. The fourth-order valence-electron chi connectivity index (χ4n) is 10.0. The number of rotatable bonds is 9. The highest BCUT2D eigenvalue weighted by atomic mass is 16.3. The van der Waals surface area contributed by atoms with Crippen molar-refractivity contribution >= 4 is 57.7 Å². The van der Waals surface area contributed by atoms with Gasteiger partial charge in [0.15, 0.2) is 5.78 Å². The van der Waals surface area contributed by atoms with Gasteiger partial charge in [-0.1, -0.05) is 12.8 Å². The topological polar surface area (TPSA) is 177 Å². The number of piperidine rings is 2. The molecule has 5 aliphatic rings. The van der Waals surface area contributed by atoms with Crippen molar-refractivity contribution in [2.24, 2.45) is 5.92 Å². The number of ketones is 1. The minimum atomic E-state index is -1.22. The number of benzene rings is 1. The fourth-order valence-corrected chi connectivity index (χ4v) is 10.0. The average molecular weight is 817 g/mol. The Bertz CT molecular complexity index is 2410. The van der Waals surface area contributed by atoms with Gasteiger partial charge in [0, 0.05) is 82.6 Å². The Morgan fingerprint density at radius 2 is 1.53 bits per heavy atom. The second-order valence-electron chi connectivity index (χ2n) is 17.1. The Balaban J connectivity index is 0.773. The molecule has 1 aliphatic carbocycles. The molecule has 314 valence electrons. The lowest BCUT2D eigenvalue weighted by atomic mass is 9.95. The maximum atomic E-state index is 13.6. The second kappa shape index (κ2) is 16.0. The van der Waals surface area contributed by atoms with Crippen LogP contribution in [0.1, 0.15) is 101 Å². The van der Waals surface area contributed by atoms with Crippen LogP contribution in [-0.4, -0.2) is 128 Å². The SMILES string of the molecule is CC(=O)c1c(C)c2cnc(Nc3ccc(N4CCN(CC5CCN(c6ccc7c(c6)C(=O)N(C6CCC(=O)N(C)C6O)C7=O)CC5)CC4)cn3)nc2n(C2CCCC2)c1=O. The van der Waals surface area contributed by atoms with Gasteiger partial charge in [0.05, 0.1) is 34.6 Å². The number of Topliss-reactive ketones (excluding diaryl/α,β-unsaturated/α-hetero) is 1. The number of pyridine rings is 2. The first-order valence-corrected chi connectivity index (χ1v) is 21.3. The Morgan fingerprint density at radius 3 is 2.23 bits per heavy atom. The third kappa shape index (κ3) is 7.18. The molecule has 2 unspecified atom stereocenters. The summed E-state index contributed by atoms with van der Waals surface area (Å²) < 4.78 is 1.72. The maximum Gasteiger partial charge on any atom is 0.263 e. The van der Waals surface area contributed by atoms with Gasteiger partial charge >= 0.3 is 0 Å². The van der Waals surface area contributed by atoms with Crippen molar-refractivity contribution in [3.05, 3.63) is 75.3 Å². The zero-order valence-corrected chi connectivity index (χ0v) is 34.5. The number of imide groups is 1. The number of hydrogen-bond acceptors (Lipinski definition) is 13. The summed E-state index contributed by atoms with van der Waals surface area (Å²) in [4.78, 5) is 88.5. The fraction of sp³-hybridized carbons (Fsp3) is 0.500. The van der Waals surface area contributed by atoms with Crippen molar-refractivity contribution in [1.29, 1.82) is 0 Å². The van der Waals surface area contributed by atoms with Gasteiger partial charge in [0.25, 0.3) is 17.4 Å². The highest BCUT2D eigenvalue weighted by molar-refractivity contribution is 6.22. The average Bonchev–Trinajstić information content (AvgIpc) is 3.87. The Kier molecular flexibility index (Phi) is 10.6. The molecule has 2 N–H and O–H groups in total. The number of likely N-dealkylation sites (N-methyl/N-ethyl adjacent to an activating group) is 1. The van der Waals surface area contributed by atoms with Gasteiger partial charge in [0.1, 0.15) is 17.7 Å². The number of hydrogen-bond donors (Lipinski definition) is 2. The standard InChI is InChI=1S/C44H52N10O6/c1-26-34-24-46-44(48-39(34)53(29-6-4-5-7-29)43(60)38(26)27(2)55)47-36-12-9-31(23-45-36)52-20-18-50(19-21-52)25-28-14-16-51(17-15-28)30-8-10-32-33(22-30)41(58)54(40(32)57)35-11-13-37(56)49(3)42(35)59/h8-10,12,22-24,28-29,35,42,59H,4-7,11,13-21,25H2,1-3H3,(H,45,46,47,48). The van der Waals surface area contributed by atoms with E-state index in [4.69, 9.17) is 4.98 Å². The largest absolute Gasteiger partial charge is 0.371 e. The third-order valence-corrected chi connectivity index (χ3v) is 13.5. The van der Waals surface area contributed by atoms with E-state index in [9.17, 15) is 29.1 Å². The summed E-state index contributed by atoms with van der Waals surface area (Å²) in [5.41, 5.74) is 3.77. The van der Waals surface area contributed by atoms with Gasteiger partial charge in [-0.3, -0.25) is 38.3 Å². The van der Waals surface area contributed by atoms with Crippen LogP contribution in [0.15, 0.2) is 47.5 Å². The van der Waals surface area contributed by atoms with Crippen LogP contribution >= 0.6 is 0 Å². The number of aryl methyl sites for hydroxylation is 1. The highest BCUT2D eigenvalue weighted by Crippen LogP contribution is 2.35. The van der Waals surface area contributed by atoms with Crippen molar-refractivity contribution < 1.29 is 24.3 Å². The van der Waals surface area contributed by atoms with E-state index in [0.29, 0.717) is 45.4 Å². The lowest BCUT2D eigenvalue weighted by Crippen LogP contribution is -2.57. The van der Waals surface area contributed by atoms with E-state index >= 15 is 0 Å². The van der Waals surface area contributed by atoms with Crippen molar-refractivity contribution in [2.75, 3.05) is 68.0 Å². The van der Waals surface area contributed by atoms with E-state index in [0.717, 1.165) is 101 Å². The third-order valence-electron chi connectivity index (χ3n) is 13.5. The number of nitrogens with one attached hydrogen (secondary N) is 1. The number of carbonyl (C=O) groups is 4. The van der Waals surface area contributed by atoms with Crippen LogP contribution in [0, 0.1) is 12.8 Å². The lowest BCUT2D eigenvalue weighted by molar-refractivity contribution is -0.149. The lowest BCUT2D eigenvalue weighted by Gasteiger charge is -2.40. The highest BCUT2D eigenvalue weighted by Gasteiger charge is 2.46. The molecule has 3 saturated heterocycles. The summed E-state index contributed by atoms with van der Waals surface area (Å²) in [6.45, 7) is 9.68. The smallest absolute Gasteiger partial charge is 0.263 e. The van der Waals surface area contributed by atoms with Gasteiger partial charge in [0.2, 0.25) is 11.9 Å². The van der Waals surface area contributed by atoms with Crippen LogP contribution in [0.5, 0.6) is 0 Å². The molecule has 2 atom stereocenters. The monoisotopic (exact) mass is 816 g/mol. The van der Waals surface area contributed by atoms with Crippen molar-refractivity contribution in [3.8, 4) is 0 Å². The molecule has 16 heteroatoms. The molecule has 3 amide bonds. The quantitative estimate of drug-likeness (QED) is 0.182. The summed E-state index contributed by atoms with van der Waals surface area (Å²) in [5.74, 6) is 0.231. The predicted octanol–water partition coefficient (Wildman–Crippen LogP) is 4.13. The molecule has 3 aromatic heterocycles. The number of nitrogens with zero attached hydrogens (tertiary/aromatic N) is 9. The molecule has 4 aliphatic heterocycles. The Labute approximate surface area is 348 Å². The maximum absolute atomic E-state index is 13.6. The number of anilines is 4. The zero-order chi connectivity index (χ0) is 41.8. The molecule has 7 heterocycles. The molecule has 0 radical (unpaired) electrons. The van der Waals surface area contributed by atoms with E-state index in [1.807, 2.05) is 24.4 Å². The van der Waals surface area contributed by atoms with Crippen LogP contribution in [0.4, 0.5) is 23.1 Å². The summed E-state index contributed by atoms with van der Waals surface area (Å²) in [7, 11) is 1.49. The number of carbonyl (C=O) groups excluding carboxylic acids is 4. The van der Waals surface area contributed by atoms with Crippen LogP contribution in [0.25, 0.3) is 11.0 Å². The number of likely N-dealkylation sites (tertiary alicyclic amines) is 1. The molecule has 16 nitrogen and oxygen atoms in total. The molecule has 4 fully saturated rings. The summed E-state index contributed by atoms with van der Waals surface area (Å²) >= 11 is 0. The number of aliphatic hydroxyl groups is 1. The van der Waals surface area contributed by atoms with Crippen LogP contribution in [0.2, 0.25) is 0 Å². The van der Waals surface area contributed by atoms with Crippen molar-refractivity contribution in [1.82, 2.24) is 34.2 Å². The normalized spacial score (nSPS) is 22.0. The Hall–Kier alpha value is -5.74. The van der Waals surface area contributed by atoms with Gasteiger partial charge in [-0.2, -0.15) is 4.98 Å². The van der Waals surface area contributed by atoms with E-state index in [1.165, 1.54) is 18.9 Å². The van der Waals surface area contributed by atoms with E-state index in [-0.39, 0.29) is 41.7 Å². The van der Waals surface area contributed by atoms with Gasteiger partial charge in [-0.05, 0) is 87.8 Å². The second-order valence-corrected chi connectivity index (χ2v) is 17.1. The first kappa shape index (κ1) is 39.7. The molecule has 9 rings (SSSR count). The summed E-state index contributed by atoms with van der Waals surface area (Å²) in [6.07, 6.45) is 8.66. The molecule has 4 aromatic rings. The first-order valence-electron chi connectivity index (χ1n) is 21.3. The summed E-state index contributed by atoms with van der Waals surface area (Å²) in [6, 6.07) is 8.68. The first-order chi connectivity index (χ1) is 29.0. The molecule has 0 spiro atoms. The molecule has 1 saturated carbocycles. The molecule has 60 heavy (non-hydrogen) atoms. The number of aromatic nitrogens is 4. The van der Waals surface area contributed by atoms with E-state index < -0.39 is 24.1 Å². The van der Waals surface area contributed by atoms with E-state index in [2.05, 4.69) is 36.1 Å². The number of piperazine rings is 1. The predicted molar refractivity (Wildman–Crippen MR) is 226 cm³/mol. The van der Waals surface area contributed by atoms with Gasteiger partial charge < -0.3 is 25.1 Å². The molecule has 0 bridgehead atoms. The van der Waals surface area contributed by atoms with Gasteiger partial charge in [-0.25, -0.2) is 9.97 Å². The number of amides is 3. The minimum absolute atomic E-state index is 0.00776. The van der Waals surface area contributed by atoms with E-state index in [1.54, 1.807) is 23.8 Å². The van der Waals surface area contributed by atoms with Crippen molar-refractivity contribution in [3.63, 3.8) is 0 Å². The van der Waals surface area contributed by atoms with Crippen LogP contribution in [-0.2, 0) is 4.79 Å². The van der Waals surface area contributed by atoms with Crippen LogP contribution in [0.3, 0.4) is 0 Å². The summed E-state index contributed by atoms with van der Waals surface area (Å²) in [5, 5.41) is 14.6.